The second kappa shape index (κ2) is 7.53. The molecule has 0 aliphatic carbocycles. The Morgan fingerprint density at radius 3 is 2.64 bits per heavy atom. The third kappa shape index (κ3) is 4.48. The molecule has 0 aliphatic heterocycles. The molecule has 0 fully saturated rings. The summed E-state index contributed by atoms with van der Waals surface area (Å²) < 4.78 is 6.09. The Labute approximate surface area is 151 Å². The summed E-state index contributed by atoms with van der Waals surface area (Å²) in [5.74, 6) is 1.84. The van der Waals surface area contributed by atoms with E-state index in [-0.39, 0.29) is 5.56 Å². The number of hydrogen-bond acceptors (Lipinski definition) is 3. The van der Waals surface area contributed by atoms with Gasteiger partial charge in [0.25, 0.3) is 5.56 Å². The number of aromatic amines is 1. The number of hydrogen-bond donors (Lipinski definition) is 1. The Kier molecular flexibility index (Phi) is 5.19. The van der Waals surface area contributed by atoms with Crippen molar-refractivity contribution in [2.75, 3.05) is 0 Å². The number of H-pyrrole nitrogens is 1. The van der Waals surface area contributed by atoms with Crippen LogP contribution in [0.25, 0.3) is 0 Å². The maximum absolute atomic E-state index is 11.1. The lowest BCUT2D eigenvalue weighted by atomic mass is 9.98. The summed E-state index contributed by atoms with van der Waals surface area (Å²) in [6, 6.07) is 16.7. The zero-order chi connectivity index (χ0) is 17.8. The van der Waals surface area contributed by atoms with Crippen molar-refractivity contribution in [2.24, 2.45) is 0 Å². The van der Waals surface area contributed by atoms with Gasteiger partial charge in [-0.3, -0.25) is 4.79 Å². The predicted octanol–water partition coefficient (Wildman–Crippen LogP) is 4.93. The molecule has 3 rings (SSSR count). The first kappa shape index (κ1) is 17.2. The first-order valence-corrected chi connectivity index (χ1v) is 8.50. The average molecular weight is 355 g/mol. The van der Waals surface area contributed by atoms with Crippen LogP contribution in [0.3, 0.4) is 0 Å². The molecule has 1 N–H and O–H groups in total. The fraction of sp³-hybridized carbons (Fsp3) is 0.200. The van der Waals surface area contributed by atoms with Crippen molar-refractivity contribution in [3.63, 3.8) is 0 Å². The van der Waals surface area contributed by atoms with E-state index in [0.29, 0.717) is 23.1 Å². The molecule has 0 spiro atoms. The van der Waals surface area contributed by atoms with E-state index in [1.54, 1.807) is 12.1 Å². The van der Waals surface area contributed by atoms with Crippen LogP contribution >= 0.6 is 11.6 Å². The molecule has 2 aromatic carbocycles. The SMILES string of the molecule is CC(C)c1ccc(Cc2ccc(=O)[nH]n2)cc1Oc1cccc(Cl)c1. The summed E-state index contributed by atoms with van der Waals surface area (Å²) in [5, 5.41) is 7.16. The van der Waals surface area contributed by atoms with Crippen molar-refractivity contribution in [2.45, 2.75) is 26.2 Å². The van der Waals surface area contributed by atoms with Gasteiger partial charge in [-0.25, -0.2) is 5.10 Å². The largest absolute Gasteiger partial charge is 0.457 e. The standard InChI is InChI=1S/C20H19ClN2O2/c1-13(2)18-8-6-14(10-16-7-9-20(24)23-22-16)11-19(18)25-17-5-3-4-15(21)12-17/h3-9,11-13H,10H2,1-2H3,(H,23,24). The van der Waals surface area contributed by atoms with Crippen LogP contribution in [-0.4, -0.2) is 10.2 Å². The van der Waals surface area contributed by atoms with Crippen molar-refractivity contribution in [3.8, 4) is 11.5 Å². The summed E-state index contributed by atoms with van der Waals surface area (Å²) in [6.45, 7) is 4.26. The second-order valence-electron chi connectivity index (χ2n) is 6.18. The molecule has 1 aromatic heterocycles. The van der Waals surface area contributed by atoms with Crippen molar-refractivity contribution in [1.82, 2.24) is 10.2 Å². The minimum Gasteiger partial charge on any atom is -0.457 e. The Hall–Kier alpha value is -2.59. The van der Waals surface area contributed by atoms with E-state index in [4.69, 9.17) is 16.3 Å². The number of ether oxygens (including phenoxy) is 1. The van der Waals surface area contributed by atoms with Crippen LogP contribution in [0, 0.1) is 0 Å². The molecule has 5 heteroatoms. The number of nitrogens with zero attached hydrogens (tertiary/aromatic N) is 1. The van der Waals surface area contributed by atoms with Gasteiger partial charge in [-0.15, -0.1) is 0 Å². The quantitative estimate of drug-likeness (QED) is 0.706. The minimum absolute atomic E-state index is 0.205. The highest BCUT2D eigenvalue weighted by Gasteiger charge is 2.11. The molecule has 4 nitrogen and oxygen atoms in total. The number of nitrogens with one attached hydrogen (secondary N) is 1. The monoisotopic (exact) mass is 354 g/mol. The summed E-state index contributed by atoms with van der Waals surface area (Å²) >= 11 is 6.05. The maximum atomic E-state index is 11.1. The van der Waals surface area contributed by atoms with E-state index in [1.807, 2.05) is 24.3 Å². The summed E-state index contributed by atoms with van der Waals surface area (Å²) in [7, 11) is 0. The highest BCUT2D eigenvalue weighted by atomic mass is 35.5. The van der Waals surface area contributed by atoms with Gasteiger partial charge in [0, 0.05) is 17.5 Å². The normalized spacial score (nSPS) is 10.9. The molecule has 0 saturated carbocycles. The lowest BCUT2D eigenvalue weighted by Crippen LogP contribution is -2.07. The van der Waals surface area contributed by atoms with Gasteiger partial charge >= 0.3 is 0 Å². The van der Waals surface area contributed by atoms with Gasteiger partial charge in [0.05, 0.1) is 5.69 Å². The molecule has 1 heterocycles. The lowest BCUT2D eigenvalue weighted by Gasteiger charge is -2.15. The Morgan fingerprint density at radius 2 is 1.96 bits per heavy atom. The highest BCUT2D eigenvalue weighted by molar-refractivity contribution is 6.30. The molecule has 0 aliphatic rings. The van der Waals surface area contributed by atoms with Crippen LogP contribution in [-0.2, 0) is 6.42 Å². The Morgan fingerprint density at radius 1 is 1.12 bits per heavy atom. The first-order valence-electron chi connectivity index (χ1n) is 8.12. The third-order valence-corrected chi connectivity index (χ3v) is 4.08. The van der Waals surface area contributed by atoms with E-state index in [0.717, 1.165) is 22.6 Å². The first-order chi connectivity index (χ1) is 12.0. The van der Waals surface area contributed by atoms with Crippen molar-refractivity contribution < 1.29 is 4.74 Å². The van der Waals surface area contributed by atoms with Gasteiger partial charge in [-0.1, -0.05) is 43.6 Å². The van der Waals surface area contributed by atoms with Gasteiger partial charge in [-0.05, 0) is 47.4 Å². The molecule has 0 radical (unpaired) electrons. The number of benzene rings is 2. The minimum atomic E-state index is -0.205. The Bertz CT molecular complexity index is 914. The van der Waals surface area contributed by atoms with Crippen LogP contribution in [0.5, 0.6) is 11.5 Å². The Balaban J connectivity index is 1.91. The molecule has 0 unspecified atom stereocenters. The molecule has 128 valence electrons. The van der Waals surface area contributed by atoms with Gasteiger partial charge < -0.3 is 4.74 Å². The van der Waals surface area contributed by atoms with Gasteiger partial charge in [-0.2, -0.15) is 5.10 Å². The number of rotatable bonds is 5. The van der Waals surface area contributed by atoms with Crippen molar-refractivity contribution in [1.29, 1.82) is 0 Å². The number of aromatic nitrogens is 2. The summed E-state index contributed by atoms with van der Waals surface area (Å²) in [6.07, 6.45) is 0.612. The number of halogens is 1. The van der Waals surface area contributed by atoms with E-state index in [1.165, 1.54) is 6.07 Å². The molecule has 25 heavy (non-hydrogen) atoms. The second-order valence-corrected chi connectivity index (χ2v) is 6.61. The smallest absolute Gasteiger partial charge is 0.264 e. The van der Waals surface area contributed by atoms with Crippen LogP contribution in [0.1, 0.15) is 36.6 Å². The predicted molar refractivity (Wildman–Crippen MR) is 99.7 cm³/mol. The summed E-state index contributed by atoms with van der Waals surface area (Å²) in [5.41, 5.74) is 2.77. The molecule has 0 saturated heterocycles. The van der Waals surface area contributed by atoms with Crippen molar-refractivity contribution >= 4 is 11.6 Å². The lowest BCUT2D eigenvalue weighted by molar-refractivity contribution is 0.472. The fourth-order valence-electron chi connectivity index (χ4n) is 2.59. The molecule has 0 bridgehead atoms. The highest BCUT2D eigenvalue weighted by Crippen LogP contribution is 2.32. The van der Waals surface area contributed by atoms with Crippen LogP contribution in [0.4, 0.5) is 0 Å². The fourth-order valence-corrected chi connectivity index (χ4v) is 2.77. The third-order valence-electron chi connectivity index (χ3n) is 3.85. The molecule has 3 aromatic rings. The zero-order valence-electron chi connectivity index (χ0n) is 14.1. The maximum Gasteiger partial charge on any atom is 0.264 e. The van der Waals surface area contributed by atoms with E-state index < -0.39 is 0 Å². The van der Waals surface area contributed by atoms with Crippen LogP contribution in [0.15, 0.2) is 59.4 Å². The summed E-state index contributed by atoms with van der Waals surface area (Å²) in [4.78, 5) is 11.1. The van der Waals surface area contributed by atoms with Gasteiger partial charge in [0.1, 0.15) is 11.5 Å². The van der Waals surface area contributed by atoms with Gasteiger partial charge in [0.15, 0.2) is 0 Å². The van der Waals surface area contributed by atoms with E-state index in [2.05, 4.69) is 36.2 Å². The molecular formula is C20H19ClN2O2. The van der Waals surface area contributed by atoms with Crippen molar-refractivity contribution in [3.05, 3.63) is 86.8 Å². The van der Waals surface area contributed by atoms with E-state index in [9.17, 15) is 4.79 Å². The zero-order valence-corrected chi connectivity index (χ0v) is 14.9. The van der Waals surface area contributed by atoms with Crippen LogP contribution in [0.2, 0.25) is 5.02 Å². The molecular weight excluding hydrogens is 336 g/mol. The van der Waals surface area contributed by atoms with Crippen LogP contribution < -0.4 is 10.3 Å². The average Bonchev–Trinajstić information content (AvgIpc) is 2.57. The topological polar surface area (TPSA) is 55.0 Å². The molecule has 0 amide bonds. The van der Waals surface area contributed by atoms with E-state index >= 15 is 0 Å². The molecule has 0 atom stereocenters. The van der Waals surface area contributed by atoms with Gasteiger partial charge in [0.2, 0.25) is 0 Å².